The lowest BCUT2D eigenvalue weighted by Gasteiger charge is -2.06. The molecule has 4 nitrogen and oxygen atoms in total. The van der Waals surface area contributed by atoms with E-state index in [1.807, 2.05) is 25.1 Å². The molecule has 0 bridgehead atoms. The van der Waals surface area contributed by atoms with Gasteiger partial charge in [-0.15, -0.1) is 0 Å². The Kier molecular flexibility index (Phi) is 5.41. The van der Waals surface area contributed by atoms with E-state index in [0.29, 0.717) is 6.54 Å². The number of ether oxygens (including phenoxy) is 1. The molecule has 2 N–H and O–H groups in total. The first-order valence-electron chi connectivity index (χ1n) is 6.02. The predicted molar refractivity (Wildman–Crippen MR) is 83.1 cm³/mol. The van der Waals surface area contributed by atoms with Gasteiger partial charge >= 0.3 is 0 Å². The summed E-state index contributed by atoms with van der Waals surface area (Å²) < 4.78 is 10.4. The second kappa shape index (κ2) is 7.29. The van der Waals surface area contributed by atoms with E-state index in [1.54, 1.807) is 18.9 Å². The van der Waals surface area contributed by atoms with Crippen LogP contribution in [0.3, 0.4) is 0 Å². The first-order chi connectivity index (χ1) is 9.72. The van der Waals surface area contributed by atoms with Crippen LogP contribution in [0.15, 0.2) is 22.5 Å². The minimum atomic E-state index is 0.339. The largest absolute Gasteiger partial charge is 0.495 e. The zero-order valence-electron chi connectivity index (χ0n) is 11.3. The van der Waals surface area contributed by atoms with E-state index in [2.05, 4.69) is 21.2 Å². The smallest absolute Gasteiger partial charge is 0.170 e. The van der Waals surface area contributed by atoms with Crippen molar-refractivity contribution in [3.05, 3.63) is 35.2 Å². The normalized spacial score (nSPS) is 9.95. The minimum absolute atomic E-state index is 0.339. The molecule has 2 rings (SSSR count). The highest BCUT2D eigenvalue weighted by Crippen LogP contribution is 2.26. The number of nitrogens with two attached hydrogens (primary N) is 1. The van der Waals surface area contributed by atoms with Gasteiger partial charge in [-0.1, -0.05) is 29.7 Å². The molecular formula is C14H15N3OS2. The lowest BCUT2D eigenvalue weighted by atomic mass is 10.1. The molecule has 0 spiro atoms. The van der Waals surface area contributed by atoms with Crippen LogP contribution in [-0.2, 0) is 5.75 Å². The molecule has 0 saturated heterocycles. The average molecular weight is 305 g/mol. The van der Waals surface area contributed by atoms with Crippen molar-refractivity contribution in [2.24, 2.45) is 5.73 Å². The van der Waals surface area contributed by atoms with Gasteiger partial charge < -0.3 is 10.5 Å². The predicted octanol–water partition coefficient (Wildman–Crippen LogP) is 2.46. The van der Waals surface area contributed by atoms with Gasteiger partial charge in [0, 0.05) is 5.75 Å². The van der Waals surface area contributed by atoms with E-state index < -0.39 is 0 Å². The fourth-order valence-corrected chi connectivity index (χ4v) is 3.16. The van der Waals surface area contributed by atoms with E-state index in [9.17, 15) is 0 Å². The van der Waals surface area contributed by atoms with Gasteiger partial charge in [-0.2, -0.15) is 4.37 Å². The average Bonchev–Trinajstić information content (AvgIpc) is 2.88. The van der Waals surface area contributed by atoms with Crippen LogP contribution in [0.5, 0.6) is 5.75 Å². The molecule has 0 aliphatic heterocycles. The number of hydrogen-bond donors (Lipinski definition) is 1. The number of benzene rings is 1. The van der Waals surface area contributed by atoms with Gasteiger partial charge in [0.2, 0.25) is 0 Å². The molecule has 2 aromatic rings. The van der Waals surface area contributed by atoms with Gasteiger partial charge in [-0.25, -0.2) is 4.98 Å². The van der Waals surface area contributed by atoms with Crippen molar-refractivity contribution in [1.82, 2.24) is 9.36 Å². The molecule has 1 aromatic heterocycles. The summed E-state index contributed by atoms with van der Waals surface area (Å²) in [6, 6.07) is 6.00. The Morgan fingerprint density at radius 3 is 2.95 bits per heavy atom. The Bertz CT molecular complexity index is 643. The van der Waals surface area contributed by atoms with E-state index in [-0.39, 0.29) is 0 Å². The highest BCUT2D eigenvalue weighted by Gasteiger charge is 2.05. The van der Waals surface area contributed by atoms with Crippen molar-refractivity contribution < 1.29 is 4.74 Å². The maximum absolute atomic E-state index is 5.41. The Labute approximate surface area is 126 Å². The molecule has 1 aromatic carbocycles. The lowest BCUT2D eigenvalue weighted by Crippen LogP contribution is -1.94. The van der Waals surface area contributed by atoms with Crippen LogP contribution in [0, 0.1) is 18.8 Å². The van der Waals surface area contributed by atoms with Crippen LogP contribution in [0.25, 0.3) is 0 Å². The molecule has 6 heteroatoms. The van der Waals surface area contributed by atoms with Crippen molar-refractivity contribution in [3.8, 4) is 17.6 Å². The van der Waals surface area contributed by atoms with Crippen LogP contribution in [0.1, 0.15) is 17.0 Å². The molecule has 0 unspecified atom stereocenters. The van der Waals surface area contributed by atoms with E-state index in [1.165, 1.54) is 17.1 Å². The molecule has 0 saturated carbocycles. The summed E-state index contributed by atoms with van der Waals surface area (Å²) in [6.45, 7) is 2.24. The van der Waals surface area contributed by atoms with Crippen LogP contribution >= 0.6 is 23.3 Å². The topological polar surface area (TPSA) is 61.0 Å². The molecular weight excluding hydrogens is 290 g/mol. The number of aromatic nitrogens is 2. The summed E-state index contributed by atoms with van der Waals surface area (Å²) in [5.74, 6) is 8.31. The summed E-state index contributed by atoms with van der Waals surface area (Å²) >= 11 is 3.10. The second-order valence-corrected chi connectivity index (χ2v) is 5.91. The highest BCUT2D eigenvalue weighted by molar-refractivity contribution is 8.00. The van der Waals surface area contributed by atoms with Crippen molar-refractivity contribution in [2.45, 2.75) is 17.0 Å². The van der Waals surface area contributed by atoms with Gasteiger partial charge in [0.15, 0.2) is 4.34 Å². The van der Waals surface area contributed by atoms with Gasteiger partial charge in [-0.3, -0.25) is 0 Å². The van der Waals surface area contributed by atoms with E-state index in [0.717, 1.165) is 27.2 Å². The third-order valence-corrected chi connectivity index (χ3v) is 4.46. The molecule has 0 aliphatic carbocycles. The molecule has 0 aliphatic rings. The summed E-state index contributed by atoms with van der Waals surface area (Å²) in [6.07, 6.45) is 0. The summed E-state index contributed by atoms with van der Waals surface area (Å²) in [5, 5.41) is 0. The van der Waals surface area contributed by atoms with Gasteiger partial charge in [0.25, 0.3) is 0 Å². The van der Waals surface area contributed by atoms with E-state index >= 15 is 0 Å². The quantitative estimate of drug-likeness (QED) is 0.694. The first-order valence-corrected chi connectivity index (χ1v) is 7.78. The minimum Gasteiger partial charge on any atom is -0.495 e. The van der Waals surface area contributed by atoms with Gasteiger partial charge in [-0.05, 0) is 36.2 Å². The maximum Gasteiger partial charge on any atom is 0.170 e. The fraction of sp³-hybridized carbons (Fsp3) is 0.286. The Hall–Kier alpha value is -1.55. The monoisotopic (exact) mass is 305 g/mol. The standard InChI is InChI=1S/C14H15N3OS2/c1-10-16-14(20-17-10)19-9-11-5-6-13(18-2)12(8-11)4-3-7-15/h5-6,8H,7,9,15H2,1-2H3. The van der Waals surface area contributed by atoms with Crippen LogP contribution in [0.2, 0.25) is 0 Å². The number of nitrogens with zero attached hydrogens (tertiary/aromatic N) is 2. The Balaban J connectivity index is 2.12. The second-order valence-electron chi connectivity index (χ2n) is 3.94. The van der Waals surface area contributed by atoms with Crippen LogP contribution in [-0.4, -0.2) is 23.0 Å². The van der Waals surface area contributed by atoms with Gasteiger partial charge in [0.05, 0.1) is 19.2 Å². The summed E-state index contributed by atoms with van der Waals surface area (Å²) in [5.41, 5.74) is 7.45. The Morgan fingerprint density at radius 2 is 2.30 bits per heavy atom. The molecule has 0 amide bonds. The zero-order chi connectivity index (χ0) is 14.4. The molecule has 0 fully saturated rings. The van der Waals surface area contributed by atoms with Crippen molar-refractivity contribution >= 4 is 23.3 Å². The molecule has 20 heavy (non-hydrogen) atoms. The first kappa shape index (κ1) is 14.9. The highest BCUT2D eigenvalue weighted by atomic mass is 32.2. The number of methoxy groups -OCH3 is 1. The number of rotatable bonds is 4. The molecule has 1 heterocycles. The molecule has 0 atom stereocenters. The lowest BCUT2D eigenvalue weighted by molar-refractivity contribution is 0.413. The summed E-state index contributed by atoms with van der Waals surface area (Å²) in [4.78, 5) is 4.33. The third kappa shape index (κ3) is 3.97. The Morgan fingerprint density at radius 1 is 1.45 bits per heavy atom. The maximum atomic E-state index is 5.41. The van der Waals surface area contributed by atoms with Crippen molar-refractivity contribution in [1.29, 1.82) is 0 Å². The van der Waals surface area contributed by atoms with Gasteiger partial charge in [0.1, 0.15) is 11.6 Å². The summed E-state index contributed by atoms with van der Waals surface area (Å²) in [7, 11) is 1.64. The number of aryl methyl sites for hydroxylation is 1. The number of hydrogen-bond acceptors (Lipinski definition) is 6. The van der Waals surface area contributed by atoms with E-state index in [4.69, 9.17) is 10.5 Å². The van der Waals surface area contributed by atoms with Crippen LogP contribution < -0.4 is 10.5 Å². The third-order valence-electron chi connectivity index (χ3n) is 2.46. The van der Waals surface area contributed by atoms with Crippen LogP contribution in [0.4, 0.5) is 0 Å². The fourth-order valence-electron chi connectivity index (χ4n) is 1.57. The number of thioether (sulfide) groups is 1. The zero-order valence-corrected chi connectivity index (χ0v) is 13.0. The SMILES string of the molecule is COc1ccc(CSc2nc(C)ns2)cc1C#CCN. The van der Waals surface area contributed by atoms with Crippen molar-refractivity contribution in [2.75, 3.05) is 13.7 Å². The molecule has 0 radical (unpaired) electrons. The molecule has 104 valence electrons. The van der Waals surface area contributed by atoms with Crippen molar-refractivity contribution in [3.63, 3.8) is 0 Å².